The van der Waals surface area contributed by atoms with Crippen LogP contribution in [0.4, 0.5) is 4.79 Å². The van der Waals surface area contributed by atoms with Crippen LogP contribution in [0.25, 0.3) is 0 Å². The summed E-state index contributed by atoms with van der Waals surface area (Å²) in [6.45, 7) is 0. The Balaban J connectivity index is 2.87. The number of imide groups is 2. The minimum atomic E-state index is -0.590. The molecule has 7 heteroatoms. The van der Waals surface area contributed by atoms with Crippen molar-refractivity contribution in [2.45, 2.75) is 6.42 Å². The van der Waals surface area contributed by atoms with Crippen LogP contribution in [0.1, 0.15) is 6.42 Å². The van der Waals surface area contributed by atoms with Gasteiger partial charge in [-0.2, -0.15) is 0 Å². The Bertz CT molecular complexity index is 219. The fourth-order valence-corrected chi connectivity index (χ4v) is 1.74. The monoisotopic (exact) mass is 380 g/mol. The number of carbonyl (C=O) groups is 3. The first-order chi connectivity index (χ1) is 5.04. The molecule has 0 bridgehead atoms. The predicted molar refractivity (Wildman–Crippen MR) is 51.7 cm³/mol. The van der Waals surface area contributed by atoms with E-state index in [4.69, 9.17) is 0 Å². The number of urea groups is 1. The Morgan fingerprint density at radius 3 is 1.73 bits per heavy atom. The van der Waals surface area contributed by atoms with Gasteiger partial charge in [-0.1, -0.05) is 0 Å². The van der Waals surface area contributed by atoms with Gasteiger partial charge in [0.15, 0.2) is 0 Å². The van der Waals surface area contributed by atoms with Crippen molar-refractivity contribution in [3.8, 4) is 0 Å². The quantitative estimate of drug-likeness (QED) is 0.356. The molecule has 0 N–H and O–H groups in total. The van der Waals surface area contributed by atoms with Crippen molar-refractivity contribution in [1.29, 1.82) is 0 Å². The third-order valence-corrected chi connectivity index (χ3v) is 2.98. The highest BCUT2D eigenvalue weighted by Crippen LogP contribution is 2.18. The van der Waals surface area contributed by atoms with Gasteiger partial charge in [-0.25, -0.2) is 11.0 Å². The van der Waals surface area contributed by atoms with Crippen LogP contribution >= 0.6 is 45.7 Å². The molecule has 0 aromatic heterocycles. The standard InChI is InChI=1S/C4H2I2N2O3/c5-7-2(9)1-3(10)8(6)4(7)11/h1H2. The van der Waals surface area contributed by atoms with Gasteiger partial charge >= 0.3 is 6.03 Å². The summed E-state index contributed by atoms with van der Waals surface area (Å²) in [4.78, 5) is 32.6. The summed E-state index contributed by atoms with van der Waals surface area (Å²) in [7, 11) is 0. The van der Waals surface area contributed by atoms with Crippen LogP contribution in [0.5, 0.6) is 0 Å². The average molecular weight is 380 g/mol. The van der Waals surface area contributed by atoms with Crippen LogP contribution in [0, 0.1) is 0 Å². The van der Waals surface area contributed by atoms with Crippen molar-refractivity contribution >= 4 is 63.6 Å². The van der Waals surface area contributed by atoms with E-state index in [0.29, 0.717) is 0 Å². The van der Waals surface area contributed by atoms with E-state index in [0.717, 1.165) is 6.23 Å². The van der Waals surface area contributed by atoms with E-state index in [1.54, 1.807) is 45.7 Å². The summed E-state index contributed by atoms with van der Waals surface area (Å²) in [6, 6.07) is -0.590. The number of halogens is 2. The maximum absolute atomic E-state index is 10.9. The highest BCUT2D eigenvalue weighted by molar-refractivity contribution is 14.1. The van der Waals surface area contributed by atoms with E-state index in [1.165, 1.54) is 0 Å². The molecule has 1 aliphatic heterocycles. The molecule has 1 heterocycles. The molecule has 1 aliphatic rings. The SMILES string of the molecule is O=C1CC(=O)N(I)C(=O)N1I. The molecule has 60 valence electrons. The van der Waals surface area contributed by atoms with Gasteiger partial charge in [0.1, 0.15) is 6.42 Å². The molecule has 0 aromatic carbocycles. The molecule has 0 aromatic rings. The van der Waals surface area contributed by atoms with Gasteiger partial charge in [-0.3, -0.25) is 9.59 Å². The van der Waals surface area contributed by atoms with Gasteiger partial charge in [-0.05, 0) is 0 Å². The van der Waals surface area contributed by atoms with Gasteiger partial charge in [0, 0.05) is 0 Å². The van der Waals surface area contributed by atoms with Crippen LogP contribution in [0.3, 0.4) is 0 Å². The Hall–Kier alpha value is 0.0700. The minimum Gasteiger partial charge on any atom is -0.273 e. The van der Waals surface area contributed by atoms with Crippen molar-refractivity contribution in [1.82, 2.24) is 6.23 Å². The van der Waals surface area contributed by atoms with E-state index in [-0.39, 0.29) is 6.42 Å². The zero-order chi connectivity index (χ0) is 8.59. The fourth-order valence-electron chi connectivity index (χ4n) is 0.559. The lowest BCUT2D eigenvalue weighted by Crippen LogP contribution is -2.45. The molecule has 11 heavy (non-hydrogen) atoms. The highest BCUT2D eigenvalue weighted by Gasteiger charge is 2.35. The van der Waals surface area contributed by atoms with Crippen LogP contribution in [-0.2, 0) is 9.59 Å². The van der Waals surface area contributed by atoms with E-state index in [9.17, 15) is 14.4 Å². The second kappa shape index (κ2) is 3.21. The first kappa shape index (κ1) is 9.16. The number of hydrogen-bond acceptors (Lipinski definition) is 3. The second-order valence-corrected chi connectivity index (χ2v) is 3.74. The topological polar surface area (TPSA) is 57.7 Å². The molecule has 5 nitrogen and oxygen atoms in total. The van der Waals surface area contributed by atoms with Crippen molar-refractivity contribution in [2.24, 2.45) is 0 Å². The molecular formula is C4H2I2N2O3. The average Bonchev–Trinajstić information content (AvgIpc) is 1.97. The first-order valence-electron chi connectivity index (χ1n) is 2.55. The van der Waals surface area contributed by atoms with Gasteiger partial charge in [0.2, 0.25) is 11.8 Å². The number of rotatable bonds is 0. The fraction of sp³-hybridized carbons (Fsp3) is 0.250. The van der Waals surface area contributed by atoms with Crippen LogP contribution in [0.15, 0.2) is 0 Å². The molecule has 1 saturated heterocycles. The van der Waals surface area contributed by atoms with Gasteiger partial charge in [-0.15, -0.1) is 0 Å². The number of nitrogens with zero attached hydrogens (tertiary/aromatic N) is 2. The van der Waals surface area contributed by atoms with E-state index >= 15 is 0 Å². The Kier molecular flexibility index (Phi) is 2.67. The lowest BCUT2D eigenvalue weighted by Gasteiger charge is -2.23. The minimum absolute atomic E-state index is 0.225. The highest BCUT2D eigenvalue weighted by atomic mass is 127. The predicted octanol–water partition coefficient (Wildman–Crippen LogP) is 0.867. The van der Waals surface area contributed by atoms with Crippen LogP contribution < -0.4 is 0 Å². The van der Waals surface area contributed by atoms with E-state index < -0.39 is 17.8 Å². The molecule has 1 fully saturated rings. The van der Waals surface area contributed by atoms with Crippen LogP contribution in [-0.4, -0.2) is 24.1 Å². The van der Waals surface area contributed by atoms with Crippen molar-refractivity contribution in [2.75, 3.05) is 0 Å². The Labute approximate surface area is 90.1 Å². The number of barbiturate groups is 1. The van der Waals surface area contributed by atoms with Gasteiger partial charge in [0.05, 0.1) is 45.7 Å². The molecular weight excluding hydrogens is 378 g/mol. The number of amides is 4. The smallest absolute Gasteiger partial charge is 0.273 e. The normalized spacial score (nSPS) is 19.6. The third-order valence-electron chi connectivity index (χ3n) is 1.08. The molecule has 1 rings (SSSR count). The van der Waals surface area contributed by atoms with Crippen molar-refractivity contribution in [3.63, 3.8) is 0 Å². The van der Waals surface area contributed by atoms with E-state index in [2.05, 4.69) is 0 Å². The largest absolute Gasteiger partial charge is 0.351 e. The molecule has 4 amide bonds. The molecule has 0 saturated carbocycles. The first-order valence-corrected chi connectivity index (χ1v) is 4.48. The summed E-state index contributed by atoms with van der Waals surface area (Å²) in [5.41, 5.74) is 0. The van der Waals surface area contributed by atoms with Crippen molar-refractivity contribution < 1.29 is 14.4 Å². The Morgan fingerprint density at radius 2 is 1.36 bits per heavy atom. The Morgan fingerprint density at radius 1 is 1.00 bits per heavy atom. The maximum atomic E-state index is 10.9. The summed E-state index contributed by atoms with van der Waals surface area (Å²) in [5.74, 6) is -0.929. The summed E-state index contributed by atoms with van der Waals surface area (Å²) in [5, 5.41) is 0. The van der Waals surface area contributed by atoms with Gasteiger partial charge < -0.3 is 0 Å². The molecule has 0 aliphatic carbocycles. The van der Waals surface area contributed by atoms with Gasteiger partial charge in [0.25, 0.3) is 0 Å². The second-order valence-electron chi connectivity index (χ2n) is 1.81. The number of hydrogen-bond donors (Lipinski definition) is 0. The molecule has 0 spiro atoms. The summed E-state index contributed by atoms with van der Waals surface area (Å²) < 4.78 is 1.79. The zero-order valence-corrected chi connectivity index (χ0v) is 9.40. The molecule has 0 atom stereocenters. The third kappa shape index (κ3) is 1.63. The lowest BCUT2D eigenvalue weighted by molar-refractivity contribution is -0.134. The summed E-state index contributed by atoms with van der Waals surface area (Å²) >= 11 is 3.14. The van der Waals surface area contributed by atoms with Crippen LogP contribution in [0.2, 0.25) is 0 Å². The summed E-state index contributed by atoms with van der Waals surface area (Å²) in [6.07, 6.45) is -0.225. The molecule has 0 radical (unpaired) electrons. The van der Waals surface area contributed by atoms with Crippen molar-refractivity contribution in [3.05, 3.63) is 0 Å². The lowest BCUT2D eigenvalue weighted by atomic mass is 10.3. The number of carbonyl (C=O) groups excluding carboxylic acids is 3. The maximum Gasteiger partial charge on any atom is 0.351 e. The van der Waals surface area contributed by atoms with E-state index in [1.807, 2.05) is 0 Å². The zero-order valence-electron chi connectivity index (χ0n) is 5.08. The molecule has 0 unspecified atom stereocenters.